The molecule has 0 bridgehead atoms. The third kappa shape index (κ3) is 14.0. The molecular formula is C64H72BClN12O10. The highest BCUT2D eigenvalue weighted by Crippen LogP contribution is 2.38. The summed E-state index contributed by atoms with van der Waals surface area (Å²) in [6, 6.07) is 31.2. The summed E-state index contributed by atoms with van der Waals surface area (Å²) >= 11 is 6.14. The molecular weight excluding hydrogens is 1140 g/mol. The molecule has 0 saturated carbocycles. The lowest BCUT2D eigenvalue weighted by Crippen LogP contribution is -2.41. The van der Waals surface area contributed by atoms with Gasteiger partial charge in [0.05, 0.1) is 53.9 Å². The van der Waals surface area contributed by atoms with Gasteiger partial charge in [0, 0.05) is 79.8 Å². The number of carbonyl (C=O) groups is 4. The van der Waals surface area contributed by atoms with Crippen molar-refractivity contribution in [1.29, 1.82) is 0 Å². The normalized spacial score (nSPS) is 13.6. The Labute approximate surface area is 515 Å². The van der Waals surface area contributed by atoms with Crippen molar-refractivity contribution in [1.82, 2.24) is 48.3 Å². The molecule has 0 N–H and O–H groups in total. The van der Waals surface area contributed by atoms with Crippen LogP contribution in [0.1, 0.15) is 115 Å². The molecule has 11 rings (SSSR count). The van der Waals surface area contributed by atoms with Crippen molar-refractivity contribution in [2.24, 2.45) is 0 Å². The van der Waals surface area contributed by atoms with Crippen LogP contribution >= 0.6 is 11.6 Å². The van der Waals surface area contributed by atoms with Gasteiger partial charge in [-0.3, -0.25) is 0 Å². The lowest BCUT2D eigenvalue weighted by atomic mass is 9.79. The molecule has 0 unspecified atom stereocenters. The standard InChI is InChI=1S/C29H30N6O4.C18H25BN2O4.C17H17ClN4O2/c1-6-38-27(36)24-16-31-26-23(33(5)17-19-11-8-7-9-12-19)15-22(32-35(24)26)21-18-34(28(37)39-29(2,3)4)25-20(21)13-10-14-30-25;1-16(2,3)23-15(22)21-11-13(12-9-8-10-20-14(12)21)19-24-17(4,5)18(6,7)25-19;1-3-24-17(23)14-10-19-16-13(9-15(18)20-22(14)16)21(2)11-12-7-5-4-6-8-12/h7-16,18H,6,17H2,1-5H3;8-11H,1-7H3;4-10H,3,11H2,1-2H3. The molecule has 8 aromatic heterocycles. The molecule has 1 aliphatic heterocycles. The van der Waals surface area contributed by atoms with Gasteiger partial charge < -0.3 is 38.1 Å². The molecule has 458 valence electrons. The molecule has 88 heavy (non-hydrogen) atoms. The van der Waals surface area contributed by atoms with Gasteiger partial charge in [0.15, 0.2) is 27.8 Å². The maximum absolute atomic E-state index is 13.1. The molecule has 2 aromatic carbocycles. The number of halogens is 1. The average molecular weight is 1220 g/mol. The number of nitrogens with zero attached hydrogens (tertiary/aromatic N) is 12. The fourth-order valence-corrected chi connectivity index (χ4v) is 9.73. The summed E-state index contributed by atoms with van der Waals surface area (Å²) in [6.45, 7) is 24.2. The van der Waals surface area contributed by atoms with Gasteiger partial charge in [0.2, 0.25) is 0 Å². The highest BCUT2D eigenvalue weighted by atomic mass is 35.5. The second-order valence-corrected chi connectivity index (χ2v) is 24.2. The second kappa shape index (κ2) is 25.6. The maximum Gasteiger partial charge on any atom is 0.497 e. The second-order valence-electron chi connectivity index (χ2n) is 23.8. The van der Waals surface area contributed by atoms with E-state index < -0.39 is 53.6 Å². The van der Waals surface area contributed by atoms with Crippen LogP contribution in [0.25, 0.3) is 44.6 Å². The minimum Gasteiger partial charge on any atom is -0.461 e. The Bertz CT molecular complexity index is 4150. The predicted molar refractivity (Wildman–Crippen MR) is 337 cm³/mol. The van der Waals surface area contributed by atoms with Gasteiger partial charge in [0.1, 0.15) is 22.5 Å². The predicted octanol–water partition coefficient (Wildman–Crippen LogP) is 11.7. The van der Waals surface area contributed by atoms with Gasteiger partial charge in [-0.05, 0) is 118 Å². The van der Waals surface area contributed by atoms with Crippen LogP contribution in [0.5, 0.6) is 0 Å². The number of benzene rings is 2. The van der Waals surface area contributed by atoms with Crippen LogP contribution in [0.3, 0.4) is 0 Å². The molecule has 0 radical (unpaired) electrons. The Hall–Kier alpha value is -9.19. The minimum atomic E-state index is -0.682. The number of esters is 2. The number of fused-ring (bicyclic) bond motifs is 4. The summed E-state index contributed by atoms with van der Waals surface area (Å²) in [6.07, 6.45) is 8.55. The monoisotopic (exact) mass is 1210 g/mol. The Balaban J connectivity index is 0.000000164. The molecule has 0 atom stereocenters. The van der Waals surface area contributed by atoms with Gasteiger partial charge in [-0.25, -0.2) is 57.3 Å². The Morgan fingerprint density at radius 3 is 1.50 bits per heavy atom. The molecule has 1 saturated heterocycles. The van der Waals surface area contributed by atoms with E-state index in [2.05, 4.69) is 25.0 Å². The third-order valence-corrected chi connectivity index (χ3v) is 14.5. The fourth-order valence-electron chi connectivity index (χ4n) is 9.55. The van der Waals surface area contributed by atoms with Gasteiger partial charge >= 0.3 is 31.2 Å². The van der Waals surface area contributed by atoms with E-state index in [1.807, 2.05) is 178 Å². The van der Waals surface area contributed by atoms with Gasteiger partial charge in [0.25, 0.3) is 0 Å². The van der Waals surface area contributed by atoms with E-state index in [1.54, 1.807) is 50.8 Å². The number of rotatable bonds is 12. The van der Waals surface area contributed by atoms with Gasteiger partial charge in [-0.2, -0.15) is 10.2 Å². The largest absolute Gasteiger partial charge is 0.497 e. The summed E-state index contributed by atoms with van der Waals surface area (Å²) in [5.74, 6) is -0.999. The summed E-state index contributed by atoms with van der Waals surface area (Å²) < 4.78 is 39.4. The van der Waals surface area contributed by atoms with Crippen molar-refractivity contribution in [3.63, 3.8) is 0 Å². The molecule has 10 aromatic rings. The fraction of sp³-hybridized carbons (Fsp3) is 0.344. The number of carbonyl (C=O) groups excluding carboxylic acids is 4. The molecule has 9 heterocycles. The topological polar surface area (TPSA) is 226 Å². The number of hydrogen-bond acceptors (Lipinski definition) is 18. The molecule has 22 nitrogen and oxygen atoms in total. The van der Waals surface area contributed by atoms with E-state index in [4.69, 9.17) is 45.0 Å². The van der Waals surface area contributed by atoms with E-state index in [9.17, 15) is 19.2 Å². The SMILES string of the molecule is CC(C)(C)OC(=O)n1cc(B2OC(C)(C)C(C)(C)O2)c2cccnc21.CCOC(=O)c1cnc2c(N(C)Cc3ccccc3)cc(-c3cn(C(=O)OC(C)(C)C)c4ncccc34)nn12.CCOC(=O)c1cnc2c(N(C)Cc3ccccc3)cc(Cl)nn12. The molecule has 0 spiro atoms. The number of pyridine rings is 2. The van der Waals surface area contributed by atoms with E-state index in [1.165, 1.54) is 30.6 Å². The zero-order chi connectivity index (χ0) is 63.5. The van der Waals surface area contributed by atoms with Crippen molar-refractivity contribution in [3.8, 4) is 11.3 Å². The third-order valence-electron chi connectivity index (χ3n) is 14.3. The van der Waals surface area contributed by atoms with Crippen molar-refractivity contribution in [2.45, 2.75) is 119 Å². The van der Waals surface area contributed by atoms with Crippen LogP contribution in [0.2, 0.25) is 5.15 Å². The Morgan fingerprint density at radius 2 is 1.02 bits per heavy atom. The lowest BCUT2D eigenvalue weighted by Gasteiger charge is -2.32. The number of imidazole rings is 2. The summed E-state index contributed by atoms with van der Waals surface area (Å²) in [5, 5.41) is 10.8. The minimum absolute atomic E-state index is 0.206. The summed E-state index contributed by atoms with van der Waals surface area (Å²) in [4.78, 5) is 72.1. The first-order chi connectivity index (χ1) is 41.7. The average Bonchev–Trinajstić information content (AvgIpc) is 1.65. The molecule has 1 aliphatic rings. The highest BCUT2D eigenvalue weighted by Gasteiger charge is 2.52. The zero-order valence-corrected chi connectivity index (χ0v) is 52.7. The maximum atomic E-state index is 13.1. The summed E-state index contributed by atoms with van der Waals surface area (Å²) in [5.41, 5.74) is 6.07. The summed E-state index contributed by atoms with van der Waals surface area (Å²) in [7, 11) is 3.33. The molecule has 0 aliphatic carbocycles. The van der Waals surface area contributed by atoms with Gasteiger partial charge in [-0.15, -0.1) is 0 Å². The first-order valence-corrected chi connectivity index (χ1v) is 29.1. The van der Waals surface area contributed by atoms with E-state index >= 15 is 0 Å². The van der Waals surface area contributed by atoms with Crippen molar-refractivity contribution < 1.29 is 47.4 Å². The zero-order valence-electron chi connectivity index (χ0n) is 51.9. The van der Waals surface area contributed by atoms with Gasteiger partial charge in [-0.1, -0.05) is 78.3 Å². The molecule has 0 amide bonds. The van der Waals surface area contributed by atoms with Crippen LogP contribution in [0.15, 0.2) is 134 Å². The van der Waals surface area contributed by atoms with Crippen molar-refractivity contribution >= 4 is 93.0 Å². The van der Waals surface area contributed by atoms with Crippen LogP contribution in [-0.2, 0) is 41.3 Å². The van der Waals surface area contributed by atoms with Crippen LogP contribution < -0.4 is 15.3 Å². The van der Waals surface area contributed by atoms with E-state index in [0.717, 1.165) is 33.4 Å². The lowest BCUT2D eigenvalue weighted by molar-refractivity contribution is 0.00578. The highest BCUT2D eigenvalue weighted by molar-refractivity contribution is 6.65. The number of aromatic nitrogens is 10. The smallest absolute Gasteiger partial charge is 0.461 e. The first-order valence-electron chi connectivity index (χ1n) is 28.7. The quantitative estimate of drug-likeness (QED) is 0.0629. The number of hydrogen-bond donors (Lipinski definition) is 0. The van der Waals surface area contributed by atoms with Crippen LogP contribution in [-0.4, -0.2) is 129 Å². The van der Waals surface area contributed by atoms with Crippen molar-refractivity contribution in [2.75, 3.05) is 37.1 Å². The molecule has 1 fully saturated rings. The Kier molecular flexibility index (Phi) is 18.5. The van der Waals surface area contributed by atoms with E-state index in [-0.39, 0.29) is 29.8 Å². The number of ether oxygens (including phenoxy) is 4. The van der Waals surface area contributed by atoms with Crippen molar-refractivity contribution in [3.05, 3.63) is 162 Å². The number of anilines is 2. The Morgan fingerprint density at radius 1 is 0.580 bits per heavy atom. The molecule has 24 heteroatoms. The van der Waals surface area contributed by atoms with Crippen LogP contribution in [0.4, 0.5) is 21.0 Å². The van der Waals surface area contributed by atoms with E-state index in [0.29, 0.717) is 52.3 Å². The first kappa shape index (κ1) is 63.3. The van der Waals surface area contributed by atoms with Crippen LogP contribution in [0, 0.1) is 0 Å².